The van der Waals surface area contributed by atoms with Crippen molar-refractivity contribution in [2.45, 2.75) is 19.9 Å². The normalized spacial score (nSPS) is 18.4. The van der Waals surface area contributed by atoms with Crippen molar-refractivity contribution in [2.75, 3.05) is 18.6 Å². The molecule has 0 aliphatic carbocycles. The molecule has 10 heteroatoms. The number of carbonyl (C=O) groups is 2. The number of amides is 1. The van der Waals surface area contributed by atoms with Gasteiger partial charge in [-0.3, -0.25) is 14.2 Å². The molecule has 0 unspecified atom stereocenters. The van der Waals surface area contributed by atoms with E-state index in [1.165, 1.54) is 33.7 Å². The van der Waals surface area contributed by atoms with E-state index in [2.05, 4.69) is 20.9 Å². The predicted molar refractivity (Wildman–Crippen MR) is 133 cm³/mol. The average Bonchev–Trinajstić information content (AvgIpc) is 3.26. The van der Waals surface area contributed by atoms with E-state index in [-0.39, 0.29) is 28.2 Å². The maximum absolute atomic E-state index is 13.9. The number of aromatic nitrogens is 1. The molecule has 3 heterocycles. The number of rotatable bonds is 3. The molecule has 0 spiro atoms. The molecule has 0 bridgehead atoms. The fourth-order valence-corrected chi connectivity index (χ4v) is 5.91. The molecule has 178 valence electrons. The first-order chi connectivity index (χ1) is 16.7. The molecular weight excluding hydrogens is 537 g/mol. The van der Waals surface area contributed by atoms with Crippen LogP contribution in [0.15, 0.2) is 68.0 Å². The minimum Gasteiger partial charge on any atom is -0.463 e. The van der Waals surface area contributed by atoms with Gasteiger partial charge in [-0.05, 0) is 49.7 Å². The topological polar surface area (TPSA) is 81.0 Å². The largest absolute Gasteiger partial charge is 0.463 e. The highest BCUT2D eigenvalue weighted by Crippen LogP contribution is 2.36. The van der Waals surface area contributed by atoms with Gasteiger partial charge in [0.2, 0.25) is 0 Å². The lowest BCUT2D eigenvalue weighted by molar-refractivity contribution is -0.139. The summed E-state index contributed by atoms with van der Waals surface area (Å²) in [6.07, 6.45) is 0. The Bertz CT molecular complexity index is 1620. The lowest BCUT2D eigenvalue weighted by Gasteiger charge is -2.24. The molecule has 1 amide bonds. The van der Waals surface area contributed by atoms with Gasteiger partial charge in [-0.25, -0.2) is 14.2 Å². The summed E-state index contributed by atoms with van der Waals surface area (Å²) >= 11 is 4.53. The van der Waals surface area contributed by atoms with Crippen LogP contribution >= 0.6 is 27.3 Å². The zero-order chi connectivity index (χ0) is 25.0. The van der Waals surface area contributed by atoms with Crippen molar-refractivity contribution in [1.82, 2.24) is 4.57 Å². The van der Waals surface area contributed by atoms with Gasteiger partial charge in [0.25, 0.3) is 11.5 Å². The van der Waals surface area contributed by atoms with Crippen molar-refractivity contribution in [3.05, 3.63) is 94.8 Å². The van der Waals surface area contributed by atoms with Crippen LogP contribution in [0.3, 0.4) is 0 Å². The Morgan fingerprint density at radius 3 is 2.60 bits per heavy atom. The molecule has 35 heavy (non-hydrogen) atoms. The Balaban J connectivity index is 1.84. The number of hydrogen-bond donors (Lipinski definition) is 0. The van der Waals surface area contributed by atoms with Crippen LogP contribution in [0.4, 0.5) is 10.1 Å². The van der Waals surface area contributed by atoms with E-state index in [0.29, 0.717) is 27.3 Å². The molecule has 1 aromatic heterocycles. The van der Waals surface area contributed by atoms with Crippen LogP contribution in [0.25, 0.3) is 5.57 Å². The fourth-order valence-electron chi connectivity index (χ4n) is 4.42. The number of likely N-dealkylation sites (N-methyl/N-ethyl adjacent to an activating group) is 1. The van der Waals surface area contributed by atoms with Gasteiger partial charge >= 0.3 is 5.97 Å². The highest BCUT2D eigenvalue weighted by atomic mass is 79.9. The molecule has 2 aliphatic rings. The summed E-state index contributed by atoms with van der Waals surface area (Å²) in [4.78, 5) is 46.4. The van der Waals surface area contributed by atoms with Crippen LogP contribution < -0.4 is 19.8 Å². The van der Waals surface area contributed by atoms with Crippen LogP contribution in [-0.2, 0) is 14.3 Å². The van der Waals surface area contributed by atoms with Gasteiger partial charge in [-0.2, -0.15) is 0 Å². The number of fused-ring (bicyclic) bond motifs is 2. The number of thiazole rings is 1. The van der Waals surface area contributed by atoms with E-state index in [1.54, 1.807) is 27.0 Å². The quantitative estimate of drug-likeness (QED) is 0.465. The summed E-state index contributed by atoms with van der Waals surface area (Å²) in [7, 11) is 1.66. The van der Waals surface area contributed by atoms with Gasteiger partial charge in [0, 0.05) is 17.1 Å². The van der Waals surface area contributed by atoms with Crippen molar-refractivity contribution < 1.29 is 18.7 Å². The third-order valence-corrected chi connectivity index (χ3v) is 7.56. The second kappa shape index (κ2) is 8.69. The van der Waals surface area contributed by atoms with Crippen molar-refractivity contribution >= 4 is 50.4 Å². The van der Waals surface area contributed by atoms with E-state index in [4.69, 9.17) is 4.74 Å². The van der Waals surface area contributed by atoms with Crippen LogP contribution in [-0.4, -0.2) is 30.1 Å². The Hall–Kier alpha value is -3.37. The monoisotopic (exact) mass is 555 g/mol. The Morgan fingerprint density at radius 2 is 1.91 bits per heavy atom. The smallest absolute Gasteiger partial charge is 0.338 e. The predicted octanol–water partition coefficient (Wildman–Crippen LogP) is 3.05. The second-order valence-electron chi connectivity index (χ2n) is 8.08. The summed E-state index contributed by atoms with van der Waals surface area (Å²) < 4.78 is 21.4. The molecule has 0 radical (unpaired) electrons. The van der Waals surface area contributed by atoms with Gasteiger partial charge in [0.15, 0.2) is 4.80 Å². The van der Waals surface area contributed by atoms with E-state index in [0.717, 1.165) is 15.8 Å². The number of nitrogens with zero attached hydrogens (tertiary/aromatic N) is 3. The number of ether oxygens (including phenoxy) is 1. The number of halogens is 2. The van der Waals surface area contributed by atoms with Gasteiger partial charge in [-0.1, -0.05) is 39.4 Å². The lowest BCUT2D eigenvalue weighted by Crippen LogP contribution is -2.40. The summed E-state index contributed by atoms with van der Waals surface area (Å²) in [5.41, 5.74) is 2.27. The van der Waals surface area contributed by atoms with E-state index >= 15 is 0 Å². The summed E-state index contributed by atoms with van der Waals surface area (Å²) in [5, 5.41) is 0. The van der Waals surface area contributed by atoms with Crippen LogP contribution in [0.1, 0.15) is 31.0 Å². The molecule has 7 nitrogen and oxygen atoms in total. The molecule has 0 fully saturated rings. The molecule has 1 atom stereocenters. The third kappa shape index (κ3) is 3.68. The minimum absolute atomic E-state index is 0.146. The van der Waals surface area contributed by atoms with Gasteiger partial charge < -0.3 is 9.64 Å². The third-order valence-electron chi connectivity index (χ3n) is 6.01. The van der Waals surface area contributed by atoms with Crippen molar-refractivity contribution in [2.24, 2.45) is 4.99 Å². The maximum atomic E-state index is 13.9. The fraction of sp³-hybridized carbons (Fsp3) is 0.200. The van der Waals surface area contributed by atoms with E-state index in [9.17, 15) is 18.8 Å². The Labute approximate surface area is 211 Å². The summed E-state index contributed by atoms with van der Waals surface area (Å²) in [6, 6.07) is 10.2. The first-order valence-electron chi connectivity index (χ1n) is 10.8. The molecular formula is C25H19BrFN3O4S. The van der Waals surface area contributed by atoms with Crippen LogP contribution in [0, 0.1) is 5.82 Å². The molecule has 0 saturated carbocycles. The lowest BCUT2D eigenvalue weighted by atomic mass is 9.96. The van der Waals surface area contributed by atoms with Gasteiger partial charge in [-0.15, -0.1) is 0 Å². The number of carbonyl (C=O) groups excluding carboxylic acids is 2. The molecule has 0 N–H and O–H groups in total. The number of esters is 1. The van der Waals surface area contributed by atoms with Crippen LogP contribution in [0.2, 0.25) is 0 Å². The second-order valence-corrected chi connectivity index (χ2v) is 9.97. The first kappa shape index (κ1) is 23.4. The van der Waals surface area contributed by atoms with Gasteiger partial charge in [0.05, 0.1) is 35.2 Å². The average molecular weight is 556 g/mol. The summed E-state index contributed by atoms with van der Waals surface area (Å²) in [6.45, 7) is 3.51. The Kier molecular flexibility index (Phi) is 5.80. The number of benzene rings is 2. The standard InChI is InChI=1S/C25H19BrFN3O4S/c1-4-34-24(33)18-12(2)28-25-30(20(18)13-5-8-15(27)9-6-13)23(32)21(35-25)19-16-11-14(26)7-10-17(16)29(3)22(19)31/h5-11,20H,4H2,1-3H3/b21-19-/t20-/m0/s1. The van der Waals surface area contributed by atoms with Crippen molar-refractivity contribution in [3.63, 3.8) is 0 Å². The zero-order valence-electron chi connectivity index (χ0n) is 19.0. The summed E-state index contributed by atoms with van der Waals surface area (Å²) in [5.74, 6) is -1.35. The van der Waals surface area contributed by atoms with Crippen molar-refractivity contribution in [3.8, 4) is 0 Å². The molecule has 2 aliphatic heterocycles. The molecule has 2 aromatic carbocycles. The molecule has 0 saturated heterocycles. The van der Waals surface area contributed by atoms with Crippen LogP contribution in [0.5, 0.6) is 0 Å². The first-order valence-corrected chi connectivity index (χ1v) is 12.4. The maximum Gasteiger partial charge on any atom is 0.338 e. The van der Waals surface area contributed by atoms with Gasteiger partial charge in [0.1, 0.15) is 10.3 Å². The zero-order valence-corrected chi connectivity index (χ0v) is 21.4. The number of hydrogen-bond acceptors (Lipinski definition) is 6. The van der Waals surface area contributed by atoms with Crippen molar-refractivity contribution in [1.29, 1.82) is 0 Å². The SMILES string of the molecule is CCOC(=O)C1=C(C)N=c2s/c(=C3\C(=O)N(C)c4ccc(Br)cc43)c(=O)n2[C@H]1c1ccc(F)cc1. The molecule has 3 aromatic rings. The Morgan fingerprint density at radius 1 is 1.20 bits per heavy atom. The number of allylic oxidation sites excluding steroid dienone is 1. The minimum atomic E-state index is -0.878. The number of anilines is 1. The van der Waals surface area contributed by atoms with E-state index < -0.39 is 23.4 Å². The highest BCUT2D eigenvalue weighted by Gasteiger charge is 2.36. The van der Waals surface area contributed by atoms with E-state index in [1.807, 2.05) is 12.1 Å². The molecule has 5 rings (SSSR count). The highest BCUT2D eigenvalue weighted by molar-refractivity contribution is 9.10.